The Labute approximate surface area is 208 Å². The first kappa shape index (κ1) is 26.1. The van der Waals surface area contributed by atoms with E-state index in [1.807, 2.05) is 0 Å². The number of oxime groups is 1. The molecule has 7 nitrogen and oxygen atoms in total. The van der Waals surface area contributed by atoms with Gasteiger partial charge in [0, 0.05) is 37.0 Å². The van der Waals surface area contributed by atoms with Gasteiger partial charge in [0.15, 0.2) is 11.5 Å². The normalized spacial score (nSPS) is 11.7. The van der Waals surface area contributed by atoms with Crippen molar-refractivity contribution in [3.05, 3.63) is 81.5 Å². The molecule has 0 aliphatic rings. The first-order chi connectivity index (χ1) is 16.6. The average Bonchev–Trinajstić information content (AvgIpc) is 2.83. The molecule has 0 radical (unpaired) electrons. The highest BCUT2D eigenvalue weighted by Gasteiger charge is 2.30. The topological polar surface area (TPSA) is 82.0 Å². The number of nitrogens with zero attached hydrogens (tertiary/aromatic N) is 2. The van der Waals surface area contributed by atoms with Gasteiger partial charge in [-0.25, -0.2) is 4.98 Å². The minimum absolute atomic E-state index is 0.00229. The van der Waals surface area contributed by atoms with Gasteiger partial charge in [-0.2, -0.15) is 13.2 Å². The van der Waals surface area contributed by atoms with Crippen LogP contribution < -0.4 is 14.8 Å². The Balaban J connectivity index is 1.78. The summed E-state index contributed by atoms with van der Waals surface area (Å²) in [5.41, 5.74) is 0.284. The monoisotopic (exact) mass is 527 g/mol. The van der Waals surface area contributed by atoms with E-state index in [2.05, 4.69) is 15.5 Å². The van der Waals surface area contributed by atoms with Gasteiger partial charge in [0.25, 0.3) is 5.91 Å². The third kappa shape index (κ3) is 6.55. The first-order valence-electron chi connectivity index (χ1n) is 9.88. The molecule has 35 heavy (non-hydrogen) atoms. The van der Waals surface area contributed by atoms with Crippen LogP contribution in [-0.4, -0.2) is 30.8 Å². The predicted molar refractivity (Wildman–Crippen MR) is 124 cm³/mol. The van der Waals surface area contributed by atoms with Crippen molar-refractivity contribution in [2.45, 2.75) is 12.8 Å². The number of carbonyl (C=O) groups is 1. The zero-order valence-electron chi connectivity index (χ0n) is 18.3. The summed E-state index contributed by atoms with van der Waals surface area (Å²) in [6.45, 7) is 0.0310. The smallest absolute Gasteiger partial charge is 0.417 e. The van der Waals surface area contributed by atoms with E-state index in [9.17, 15) is 18.0 Å². The Morgan fingerprint density at radius 1 is 1.11 bits per heavy atom. The van der Waals surface area contributed by atoms with Crippen LogP contribution in [0.15, 0.2) is 59.9 Å². The molecule has 184 valence electrons. The molecule has 3 rings (SSSR count). The minimum Gasteiger partial charge on any atom is -0.489 e. The van der Waals surface area contributed by atoms with Gasteiger partial charge >= 0.3 is 6.18 Å². The van der Waals surface area contributed by atoms with Crippen LogP contribution in [0.5, 0.6) is 17.4 Å². The summed E-state index contributed by atoms with van der Waals surface area (Å²) in [4.78, 5) is 20.6. The second-order valence-electron chi connectivity index (χ2n) is 6.85. The molecular formula is C23H18Cl2F3N3O4. The summed E-state index contributed by atoms with van der Waals surface area (Å²) in [6, 6.07) is 11.7. The number of likely N-dealkylation sites (N-methyl/N-ethyl adjacent to an activating group) is 1. The summed E-state index contributed by atoms with van der Waals surface area (Å²) in [5, 5.41) is 6.40. The number of ether oxygens (including phenoxy) is 2. The highest BCUT2D eigenvalue weighted by molar-refractivity contribution is 6.45. The van der Waals surface area contributed by atoms with Crippen molar-refractivity contribution in [2.24, 2.45) is 5.16 Å². The van der Waals surface area contributed by atoms with Gasteiger partial charge in [0.1, 0.15) is 19.5 Å². The maximum Gasteiger partial charge on any atom is 0.417 e. The predicted octanol–water partition coefficient (Wildman–Crippen LogP) is 5.88. The summed E-state index contributed by atoms with van der Waals surface area (Å²) < 4.78 is 49.4. The highest BCUT2D eigenvalue weighted by Crippen LogP contribution is 2.40. The number of hydrogen-bond acceptors (Lipinski definition) is 6. The molecule has 0 bridgehead atoms. The fraction of sp³-hybridized carbons (Fsp3) is 0.174. The van der Waals surface area contributed by atoms with Crippen molar-refractivity contribution >= 4 is 34.8 Å². The van der Waals surface area contributed by atoms with Crippen LogP contribution in [0, 0.1) is 0 Å². The molecular weight excluding hydrogens is 510 g/mol. The molecule has 12 heteroatoms. The van der Waals surface area contributed by atoms with Crippen molar-refractivity contribution in [3.63, 3.8) is 0 Å². The molecule has 0 atom stereocenters. The Morgan fingerprint density at radius 3 is 2.37 bits per heavy atom. The lowest BCUT2D eigenvalue weighted by atomic mass is 10.0. The van der Waals surface area contributed by atoms with Crippen LogP contribution in [0.3, 0.4) is 0 Å². The molecule has 1 amide bonds. The molecule has 0 saturated carbocycles. The standard InChI is InChI=1S/C23H18Cl2F3N3O4/c1-29-22(32)20(31-33-2)16-6-4-3-5-13(16)12-34-15-9-17(24)21(18(25)10-15)35-19-8-7-14(11-30-19)23(26,27)28/h3-11H,12H2,1-2H3,(H,29,32). The third-order valence-electron chi connectivity index (χ3n) is 4.53. The summed E-state index contributed by atoms with van der Waals surface area (Å²) in [6.07, 6.45) is -3.87. The van der Waals surface area contributed by atoms with Gasteiger partial charge < -0.3 is 19.6 Å². The molecule has 1 heterocycles. The van der Waals surface area contributed by atoms with Crippen LogP contribution in [0.2, 0.25) is 10.0 Å². The zero-order chi connectivity index (χ0) is 25.6. The Hall–Kier alpha value is -3.50. The number of aromatic nitrogens is 1. The van der Waals surface area contributed by atoms with Crippen LogP contribution in [0.4, 0.5) is 13.2 Å². The van der Waals surface area contributed by atoms with E-state index in [1.165, 1.54) is 26.3 Å². The second-order valence-corrected chi connectivity index (χ2v) is 7.66. The van der Waals surface area contributed by atoms with E-state index in [4.69, 9.17) is 37.5 Å². The molecule has 2 aromatic carbocycles. The molecule has 0 unspecified atom stereocenters. The van der Waals surface area contributed by atoms with E-state index in [0.29, 0.717) is 17.3 Å². The lowest BCUT2D eigenvalue weighted by molar-refractivity contribution is -0.137. The molecule has 1 N–H and O–H groups in total. The van der Waals surface area contributed by atoms with Crippen LogP contribution in [0.1, 0.15) is 16.7 Å². The Morgan fingerprint density at radius 2 is 1.80 bits per heavy atom. The maximum absolute atomic E-state index is 12.7. The quantitative estimate of drug-likeness (QED) is 0.292. The second kappa shape index (κ2) is 11.3. The number of benzene rings is 2. The third-order valence-corrected chi connectivity index (χ3v) is 5.10. The van der Waals surface area contributed by atoms with Crippen molar-refractivity contribution in [1.29, 1.82) is 0 Å². The first-order valence-corrected chi connectivity index (χ1v) is 10.6. The van der Waals surface area contributed by atoms with Crippen LogP contribution in [-0.2, 0) is 22.4 Å². The summed E-state index contributed by atoms with van der Waals surface area (Å²) in [7, 11) is 2.80. The molecule has 1 aromatic heterocycles. The molecule has 3 aromatic rings. The van der Waals surface area contributed by atoms with Crippen LogP contribution in [0.25, 0.3) is 0 Å². The van der Waals surface area contributed by atoms with E-state index in [-0.39, 0.29) is 39.7 Å². The number of nitrogens with one attached hydrogen (secondary N) is 1. The van der Waals surface area contributed by atoms with Crippen molar-refractivity contribution in [2.75, 3.05) is 14.2 Å². The fourth-order valence-corrected chi connectivity index (χ4v) is 3.44. The number of alkyl halides is 3. The van der Waals surface area contributed by atoms with Gasteiger partial charge in [0.2, 0.25) is 5.88 Å². The molecule has 0 aliphatic carbocycles. The fourth-order valence-electron chi connectivity index (χ4n) is 2.89. The molecule has 0 saturated heterocycles. The Kier molecular flexibility index (Phi) is 8.42. The van der Waals surface area contributed by atoms with Crippen molar-refractivity contribution in [3.8, 4) is 17.4 Å². The van der Waals surface area contributed by atoms with Crippen LogP contribution >= 0.6 is 23.2 Å². The number of rotatable bonds is 8. The summed E-state index contributed by atoms with van der Waals surface area (Å²) >= 11 is 12.5. The van der Waals surface area contributed by atoms with E-state index < -0.39 is 17.6 Å². The van der Waals surface area contributed by atoms with Gasteiger partial charge in [-0.05, 0) is 11.6 Å². The molecule has 0 aliphatic heterocycles. The van der Waals surface area contributed by atoms with Gasteiger partial charge in [-0.3, -0.25) is 4.79 Å². The van der Waals surface area contributed by atoms with Gasteiger partial charge in [-0.15, -0.1) is 0 Å². The Bertz CT molecular complexity index is 1210. The number of halogens is 5. The minimum atomic E-state index is -4.52. The van der Waals surface area contributed by atoms with E-state index >= 15 is 0 Å². The largest absolute Gasteiger partial charge is 0.489 e. The number of carbonyl (C=O) groups excluding carboxylic acids is 1. The number of amides is 1. The van der Waals surface area contributed by atoms with Gasteiger partial charge in [0.05, 0.1) is 15.6 Å². The van der Waals surface area contributed by atoms with Gasteiger partial charge in [-0.1, -0.05) is 52.6 Å². The SMILES string of the molecule is CNC(=O)C(=NOC)c1ccccc1COc1cc(Cl)c(Oc2ccc(C(F)(F)F)cn2)c(Cl)c1. The number of pyridine rings is 1. The summed E-state index contributed by atoms with van der Waals surface area (Å²) in [5.74, 6) is -0.275. The number of hydrogen-bond donors (Lipinski definition) is 1. The zero-order valence-corrected chi connectivity index (χ0v) is 19.8. The van der Waals surface area contributed by atoms with E-state index in [1.54, 1.807) is 24.3 Å². The molecule has 0 fully saturated rings. The molecule has 0 spiro atoms. The van der Waals surface area contributed by atoms with Crippen molar-refractivity contribution in [1.82, 2.24) is 10.3 Å². The highest BCUT2D eigenvalue weighted by atomic mass is 35.5. The average molecular weight is 528 g/mol. The lowest BCUT2D eigenvalue weighted by Gasteiger charge is -2.14. The maximum atomic E-state index is 12.7. The lowest BCUT2D eigenvalue weighted by Crippen LogP contribution is -2.29. The van der Waals surface area contributed by atoms with E-state index in [0.717, 1.165) is 12.1 Å². The van der Waals surface area contributed by atoms with Crippen molar-refractivity contribution < 1.29 is 32.3 Å².